The quantitative estimate of drug-likeness (QED) is 0.484. The van der Waals surface area contributed by atoms with Crippen LogP contribution in [0.3, 0.4) is 0 Å². The Balaban J connectivity index is 0.000001000. The monoisotopic (exact) mass is 262 g/mol. The SMILES string of the molecule is Cc1cc(Br)sc1S(=O)[O-].[Na+]. The predicted molar refractivity (Wildman–Crippen MR) is 43.9 cm³/mol. The molecule has 0 spiro atoms. The van der Waals surface area contributed by atoms with Crippen LogP contribution in [-0.2, 0) is 11.1 Å². The van der Waals surface area contributed by atoms with Gasteiger partial charge < -0.3 is 4.55 Å². The van der Waals surface area contributed by atoms with Crippen molar-refractivity contribution in [2.24, 2.45) is 0 Å². The smallest absolute Gasteiger partial charge is 0.768 e. The van der Waals surface area contributed by atoms with E-state index in [4.69, 9.17) is 0 Å². The van der Waals surface area contributed by atoms with Gasteiger partial charge in [-0.15, -0.1) is 11.3 Å². The molecule has 0 saturated carbocycles. The molecule has 2 nitrogen and oxygen atoms in total. The molecule has 1 atom stereocenters. The maximum atomic E-state index is 10.4. The molecule has 56 valence electrons. The summed E-state index contributed by atoms with van der Waals surface area (Å²) in [6, 6.07) is 1.79. The third kappa shape index (κ3) is 3.26. The fourth-order valence-corrected chi connectivity index (χ4v) is 3.24. The average Bonchev–Trinajstić information content (AvgIpc) is 2.10. The number of rotatable bonds is 1. The van der Waals surface area contributed by atoms with Crippen LogP contribution in [0, 0.1) is 6.92 Å². The standard InChI is InChI=1S/C5H5BrO2S2.Na/c1-3-2-4(6)9-5(3)10(7)8;/h2H,1H3,(H,7,8);/q;+1/p-1. The second kappa shape index (κ2) is 5.11. The van der Waals surface area contributed by atoms with Crippen LogP contribution in [0.4, 0.5) is 0 Å². The van der Waals surface area contributed by atoms with Crippen molar-refractivity contribution < 1.29 is 38.3 Å². The summed E-state index contributed by atoms with van der Waals surface area (Å²) in [5.74, 6) is 0. The van der Waals surface area contributed by atoms with E-state index in [-0.39, 0.29) is 29.6 Å². The second-order valence-corrected chi connectivity index (χ2v) is 5.32. The summed E-state index contributed by atoms with van der Waals surface area (Å²) in [6.45, 7) is 1.77. The van der Waals surface area contributed by atoms with Crippen molar-refractivity contribution in [3.63, 3.8) is 0 Å². The summed E-state index contributed by atoms with van der Waals surface area (Å²) >= 11 is 2.34. The van der Waals surface area contributed by atoms with Gasteiger partial charge in [0.2, 0.25) is 0 Å². The van der Waals surface area contributed by atoms with Crippen LogP contribution < -0.4 is 29.6 Å². The van der Waals surface area contributed by atoms with E-state index in [0.29, 0.717) is 4.21 Å². The van der Waals surface area contributed by atoms with Gasteiger partial charge in [-0.2, -0.15) is 0 Å². The van der Waals surface area contributed by atoms with Crippen molar-refractivity contribution in [2.45, 2.75) is 11.1 Å². The molecule has 0 saturated heterocycles. The molecular weight excluding hydrogens is 259 g/mol. The minimum absolute atomic E-state index is 0. The van der Waals surface area contributed by atoms with Gasteiger partial charge in [0.1, 0.15) is 0 Å². The van der Waals surface area contributed by atoms with Crippen LogP contribution in [0.2, 0.25) is 0 Å². The first-order valence-corrected chi connectivity index (χ1v) is 5.15. The first kappa shape index (κ1) is 12.3. The van der Waals surface area contributed by atoms with Crippen molar-refractivity contribution in [1.29, 1.82) is 0 Å². The molecule has 0 aliphatic heterocycles. The maximum Gasteiger partial charge on any atom is 1.00 e. The summed E-state index contributed by atoms with van der Waals surface area (Å²) in [5.41, 5.74) is 0.796. The van der Waals surface area contributed by atoms with Crippen LogP contribution in [0.5, 0.6) is 0 Å². The molecule has 1 aromatic rings. The summed E-state index contributed by atoms with van der Waals surface area (Å²) in [7, 11) is 0. The molecule has 0 bridgehead atoms. The van der Waals surface area contributed by atoms with E-state index in [1.807, 2.05) is 0 Å². The minimum atomic E-state index is -2.08. The molecule has 0 N–H and O–H groups in total. The Bertz CT molecular complexity index is 273. The summed E-state index contributed by atoms with van der Waals surface area (Å²) in [6.07, 6.45) is 0. The molecule has 0 aromatic carbocycles. The van der Waals surface area contributed by atoms with Crippen molar-refractivity contribution in [2.75, 3.05) is 0 Å². The van der Waals surface area contributed by atoms with Crippen molar-refractivity contribution in [1.82, 2.24) is 0 Å². The number of aryl methyl sites for hydroxylation is 1. The zero-order chi connectivity index (χ0) is 7.72. The third-order valence-electron chi connectivity index (χ3n) is 0.994. The van der Waals surface area contributed by atoms with Crippen LogP contribution in [-0.4, -0.2) is 8.76 Å². The van der Waals surface area contributed by atoms with Gasteiger partial charge in [-0.05, 0) is 45.6 Å². The van der Waals surface area contributed by atoms with Gasteiger partial charge in [0.15, 0.2) is 0 Å². The largest absolute Gasteiger partial charge is 1.00 e. The molecule has 1 heterocycles. The first-order chi connectivity index (χ1) is 4.61. The first-order valence-electron chi connectivity index (χ1n) is 2.46. The molecule has 0 fully saturated rings. The normalized spacial score (nSPS) is 12.3. The fraction of sp³-hybridized carbons (Fsp3) is 0.200. The molecule has 0 aliphatic rings. The van der Waals surface area contributed by atoms with Crippen molar-refractivity contribution in [3.8, 4) is 0 Å². The molecule has 0 radical (unpaired) electrons. The Morgan fingerprint density at radius 3 is 2.45 bits per heavy atom. The molecule has 1 unspecified atom stereocenters. The van der Waals surface area contributed by atoms with E-state index in [1.165, 1.54) is 11.3 Å². The Hall–Kier alpha value is 1.29. The van der Waals surface area contributed by atoms with Gasteiger partial charge in [0, 0.05) is 0 Å². The van der Waals surface area contributed by atoms with Crippen molar-refractivity contribution in [3.05, 3.63) is 15.4 Å². The van der Waals surface area contributed by atoms with Gasteiger partial charge in [-0.25, -0.2) is 0 Å². The van der Waals surface area contributed by atoms with Gasteiger partial charge in [-0.3, -0.25) is 4.21 Å². The summed E-state index contributed by atoms with van der Waals surface area (Å²) in [4.78, 5) is 0. The van der Waals surface area contributed by atoms with E-state index in [0.717, 1.165) is 9.35 Å². The third-order valence-corrected chi connectivity index (χ3v) is 3.81. The number of hydrogen-bond donors (Lipinski definition) is 0. The van der Waals surface area contributed by atoms with Gasteiger partial charge in [0.25, 0.3) is 0 Å². The molecule has 0 amide bonds. The van der Waals surface area contributed by atoms with Crippen LogP contribution in [0.25, 0.3) is 0 Å². The van der Waals surface area contributed by atoms with Gasteiger partial charge in [0.05, 0.1) is 8.00 Å². The van der Waals surface area contributed by atoms with E-state index >= 15 is 0 Å². The van der Waals surface area contributed by atoms with Crippen LogP contribution in [0.15, 0.2) is 14.1 Å². The Labute approximate surface area is 102 Å². The number of thiophene rings is 1. The van der Waals surface area contributed by atoms with Gasteiger partial charge in [-0.1, -0.05) is 0 Å². The van der Waals surface area contributed by atoms with Crippen molar-refractivity contribution >= 4 is 38.3 Å². The molecular formula is C5H4BrNaO2S2. The molecule has 6 heteroatoms. The van der Waals surface area contributed by atoms with Crippen LogP contribution >= 0.6 is 27.3 Å². The van der Waals surface area contributed by atoms with Gasteiger partial charge >= 0.3 is 29.6 Å². The fourth-order valence-electron chi connectivity index (χ4n) is 0.593. The number of halogens is 1. The molecule has 1 aromatic heterocycles. The van der Waals surface area contributed by atoms with E-state index in [1.54, 1.807) is 13.0 Å². The Morgan fingerprint density at radius 2 is 2.27 bits per heavy atom. The zero-order valence-corrected chi connectivity index (χ0v) is 11.3. The summed E-state index contributed by atoms with van der Waals surface area (Å²) < 4.78 is 22.1. The Morgan fingerprint density at radius 1 is 1.73 bits per heavy atom. The van der Waals surface area contributed by atoms with E-state index < -0.39 is 11.1 Å². The summed E-state index contributed by atoms with van der Waals surface area (Å²) in [5, 5.41) is 0. The molecule has 1 rings (SSSR count). The minimum Gasteiger partial charge on any atom is -0.768 e. The van der Waals surface area contributed by atoms with E-state index in [2.05, 4.69) is 15.9 Å². The average molecular weight is 263 g/mol. The number of hydrogen-bond acceptors (Lipinski definition) is 3. The predicted octanol–water partition coefficient (Wildman–Crippen LogP) is -0.939. The molecule has 0 aliphatic carbocycles. The van der Waals surface area contributed by atoms with Crippen LogP contribution in [0.1, 0.15) is 5.56 Å². The van der Waals surface area contributed by atoms with E-state index in [9.17, 15) is 8.76 Å². The molecule has 11 heavy (non-hydrogen) atoms. The maximum absolute atomic E-state index is 10.4. The topological polar surface area (TPSA) is 40.1 Å². The Kier molecular flexibility index (Phi) is 5.71. The second-order valence-electron chi connectivity index (χ2n) is 1.76. The zero-order valence-electron chi connectivity index (χ0n) is 6.09.